The van der Waals surface area contributed by atoms with E-state index >= 15 is 0 Å². The van der Waals surface area contributed by atoms with Gasteiger partial charge in [0, 0.05) is 25.9 Å². The highest BCUT2D eigenvalue weighted by Gasteiger charge is 2.12. The molecular formula is C15H30N2O. The van der Waals surface area contributed by atoms with Crippen LogP contribution >= 0.6 is 0 Å². The van der Waals surface area contributed by atoms with Crippen LogP contribution in [0, 0.1) is 5.92 Å². The lowest BCUT2D eigenvalue weighted by Gasteiger charge is -2.19. The van der Waals surface area contributed by atoms with Gasteiger partial charge in [0.1, 0.15) is 5.78 Å². The lowest BCUT2D eigenvalue weighted by atomic mass is 10.0. The summed E-state index contributed by atoms with van der Waals surface area (Å²) in [7, 11) is 2.19. The summed E-state index contributed by atoms with van der Waals surface area (Å²) in [4.78, 5) is 16.6. The Bertz CT molecular complexity index is 241. The zero-order chi connectivity index (χ0) is 13.4. The minimum absolute atomic E-state index is 0.454. The van der Waals surface area contributed by atoms with Gasteiger partial charge in [-0.05, 0) is 51.9 Å². The zero-order valence-electron chi connectivity index (χ0n) is 12.5. The fourth-order valence-electron chi connectivity index (χ4n) is 2.40. The highest BCUT2D eigenvalue weighted by molar-refractivity contribution is 5.78. The Labute approximate surface area is 113 Å². The lowest BCUT2D eigenvalue weighted by molar-refractivity contribution is -0.119. The number of ketones is 1. The van der Waals surface area contributed by atoms with Gasteiger partial charge in [0.25, 0.3) is 0 Å². The van der Waals surface area contributed by atoms with E-state index in [1.54, 1.807) is 0 Å². The largest absolute Gasteiger partial charge is 0.305 e. The lowest BCUT2D eigenvalue weighted by Crippen LogP contribution is -2.30. The number of carbonyl (C=O) groups excluding carboxylic acids is 1. The third-order valence-corrected chi connectivity index (χ3v) is 3.74. The SMILES string of the molecule is CC(C)CCC(=O)CCCN1CCCN(C)CC1. The van der Waals surface area contributed by atoms with Crippen molar-refractivity contribution >= 4 is 5.78 Å². The fraction of sp³-hybridized carbons (Fsp3) is 0.933. The molecule has 0 spiro atoms. The van der Waals surface area contributed by atoms with Crippen LogP contribution in [0.4, 0.5) is 0 Å². The average Bonchev–Trinajstić information content (AvgIpc) is 2.52. The van der Waals surface area contributed by atoms with E-state index in [1.165, 1.54) is 26.1 Å². The summed E-state index contributed by atoms with van der Waals surface area (Å²) in [6.45, 7) is 10.2. The van der Waals surface area contributed by atoms with E-state index in [1.807, 2.05) is 0 Å². The predicted molar refractivity (Wildman–Crippen MR) is 76.9 cm³/mol. The molecule has 1 saturated heterocycles. The molecule has 0 aliphatic carbocycles. The van der Waals surface area contributed by atoms with Gasteiger partial charge in [-0.15, -0.1) is 0 Å². The summed E-state index contributed by atoms with van der Waals surface area (Å²) >= 11 is 0. The van der Waals surface area contributed by atoms with Crippen molar-refractivity contribution in [2.24, 2.45) is 5.92 Å². The molecule has 0 radical (unpaired) electrons. The van der Waals surface area contributed by atoms with E-state index in [-0.39, 0.29) is 0 Å². The Hall–Kier alpha value is -0.410. The van der Waals surface area contributed by atoms with Crippen LogP contribution in [0.2, 0.25) is 0 Å². The van der Waals surface area contributed by atoms with Gasteiger partial charge < -0.3 is 9.80 Å². The molecule has 1 aliphatic rings. The smallest absolute Gasteiger partial charge is 0.132 e. The summed E-state index contributed by atoms with van der Waals surface area (Å²) in [5, 5.41) is 0. The number of carbonyl (C=O) groups is 1. The van der Waals surface area contributed by atoms with Crippen LogP contribution in [0.3, 0.4) is 0 Å². The van der Waals surface area contributed by atoms with Crippen molar-refractivity contribution in [3.63, 3.8) is 0 Å². The maximum atomic E-state index is 11.7. The molecule has 106 valence electrons. The molecule has 0 N–H and O–H groups in total. The summed E-state index contributed by atoms with van der Waals surface area (Å²) < 4.78 is 0. The molecule has 18 heavy (non-hydrogen) atoms. The average molecular weight is 254 g/mol. The van der Waals surface area contributed by atoms with E-state index in [4.69, 9.17) is 0 Å². The van der Waals surface area contributed by atoms with E-state index < -0.39 is 0 Å². The first kappa shape index (κ1) is 15.6. The standard InChI is InChI=1S/C15H30N2O/c1-14(2)7-8-15(18)6-4-10-17-11-5-9-16(3)12-13-17/h14H,4-13H2,1-3H3. The van der Waals surface area contributed by atoms with Gasteiger partial charge in [-0.1, -0.05) is 13.8 Å². The van der Waals surface area contributed by atoms with Gasteiger partial charge in [0.15, 0.2) is 0 Å². The van der Waals surface area contributed by atoms with Crippen LogP contribution in [0.1, 0.15) is 46.0 Å². The molecule has 0 aromatic rings. The molecule has 0 aromatic heterocycles. The van der Waals surface area contributed by atoms with Crippen molar-refractivity contribution in [1.29, 1.82) is 0 Å². The minimum atomic E-state index is 0.454. The second-order valence-corrected chi connectivity index (χ2v) is 6.07. The summed E-state index contributed by atoms with van der Waals surface area (Å²) in [5.74, 6) is 1.10. The Morgan fingerprint density at radius 1 is 1.11 bits per heavy atom. The third kappa shape index (κ3) is 7.12. The number of likely N-dealkylation sites (N-methyl/N-ethyl adjacent to an activating group) is 1. The number of hydrogen-bond acceptors (Lipinski definition) is 3. The van der Waals surface area contributed by atoms with Gasteiger partial charge in [-0.2, -0.15) is 0 Å². The van der Waals surface area contributed by atoms with E-state index in [0.717, 1.165) is 38.8 Å². The molecule has 3 nitrogen and oxygen atoms in total. The number of rotatable bonds is 7. The van der Waals surface area contributed by atoms with E-state index in [9.17, 15) is 4.79 Å². The fourth-order valence-corrected chi connectivity index (χ4v) is 2.40. The first-order valence-corrected chi connectivity index (χ1v) is 7.50. The number of Topliss-reactive ketones (excluding diaryl/α,β-unsaturated/α-hetero) is 1. The van der Waals surface area contributed by atoms with Crippen LogP contribution < -0.4 is 0 Å². The number of nitrogens with zero attached hydrogens (tertiary/aromatic N) is 2. The molecule has 1 rings (SSSR count). The van der Waals surface area contributed by atoms with Crippen molar-refractivity contribution in [2.45, 2.75) is 46.0 Å². The maximum Gasteiger partial charge on any atom is 0.132 e. The Morgan fingerprint density at radius 3 is 2.61 bits per heavy atom. The van der Waals surface area contributed by atoms with Crippen LogP contribution in [0.15, 0.2) is 0 Å². The van der Waals surface area contributed by atoms with Gasteiger partial charge in [0.05, 0.1) is 0 Å². The highest BCUT2D eigenvalue weighted by Crippen LogP contribution is 2.08. The second kappa shape index (κ2) is 8.65. The van der Waals surface area contributed by atoms with Crippen molar-refractivity contribution in [3.05, 3.63) is 0 Å². The molecule has 1 heterocycles. The molecule has 0 bridgehead atoms. The first-order valence-electron chi connectivity index (χ1n) is 7.50. The molecule has 0 unspecified atom stereocenters. The normalized spacial score (nSPS) is 19.1. The van der Waals surface area contributed by atoms with Crippen LogP contribution in [0.5, 0.6) is 0 Å². The summed E-state index contributed by atoms with van der Waals surface area (Å²) in [5.41, 5.74) is 0. The molecule has 0 amide bonds. The van der Waals surface area contributed by atoms with Crippen molar-refractivity contribution in [1.82, 2.24) is 9.80 Å². The maximum absolute atomic E-state index is 11.7. The summed E-state index contributed by atoms with van der Waals surface area (Å²) in [6.07, 6.45) is 4.91. The van der Waals surface area contributed by atoms with Crippen molar-refractivity contribution in [2.75, 3.05) is 39.8 Å². The van der Waals surface area contributed by atoms with Gasteiger partial charge >= 0.3 is 0 Å². The van der Waals surface area contributed by atoms with Gasteiger partial charge in [-0.3, -0.25) is 4.79 Å². The van der Waals surface area contributed by atoms with Crippen LogP contribution in [-0.2, 0) is 4.79 Å². The summed E-state index contributed by atoms with van der Waals surface area (Å²) in [6, 6.07) is 0. The van der Waals surface area contributed by atoms with Crippen LogP contribution in [-0.4, -0.2) is 55.4 Å². The van der Waals surface area contributed by atoms with Crippen molar-refractivity contribution < 1.29 is 4.79 Å². The van der Waals surface area contributed by atoms with Crippen molar-refractivity contribution in [3.8, 4) is 0 Å². The van der Waals surface area contributed by atoms with E-state index in [2.05, 4.69) is 30.7 Å². The molecule has 0 atom stereocenters. The van der Waals surface area contributed by atoms with Gasteiger partial charge in [-0.25, -0.2) is 0 Å². The topological polar surface area (TPSA) is 23.6 Å². The quantitative estimate of drug-likeness (QED) is 0.697. The molecule has 3 heteroatoms. The predicted octanol–water partition coefficient (Wildman–Crippen LogP) is 2.41. The Kier molecular flexibility index (Phi) is 7.52. The first-order chi connectivity index (χ1) is 8.58. The highest BCUT2D eigenvalue weighted by atomic mass is 16.1. The second-order valence-electron chi connectivity index (χ2n) is 6.07. The third-order valence-electron chi connectivity index (χ3n) is 3.74. The Morgan fingerprint density at radius 2 is 1.89 bits per heavy atom. The van der Waals surface area contributed by atoms with Gasteiger partial charge in [0.2, 0.25) is 0 Å². The minimum Gasteiger partial charge on any atom is -0.305 e. The molecule has 1 aliphatic heterocycles. The Balaban J connectivity index is 2.07. The molecule has 0 saturated carbocycles. The molecular weight excluding hydrogens is 224 g/mol. The van der Waals surface area contributed by atoms with Crippen LogP contribution in [0.25, 0.3) is 0 Å². The molecule has 1 fully saturated rings. The molecule has 0 aromatic carbocycles. The zero-order valence-corrected chi connectivity index (χ0v) is 12.5. The number of hydrogen-bond donors (Lipinski definition) is 0. The van der Waals surface area contributed by atoms with E-state index in [0.29, 0.717) is 11.7 Å². The monoisotopic (exact) mass is 254 g/mol.